The molecule has 0 saturated heterocycles. The van der Waals surface area contributed by atoms with Gasteiger partial charge in [0.15, 0.2) is 0 Å². The molecule has 0 fully saturated rings. The number of fused-ring (bicyclic) bond motifs is 2. The summed E-state index contributed by atoms with van der Waals surface area (Å²) < 4.78 is 5.34. The molecule has 0 saturated carbocycles. The lowest BCUT2D eigenvalue weighted by Crippen LogP contribution is -2.31. The molecule has 26 heavy (non-hydrogen) atoms. The average molecular weight is 371 g/mol. The van der Waals surface area contributed by atoms with Crippen LogP contribution in [0.25, 0.3) is 0 Å². The van der Waals surface area contributed by atoms with E-state index in [1.54, 1.807) is 23.8 Å². The molecule has 5 nitrogen and oxygen atoms in total. The van der Waals surface area contributed by atoms with Gasteiger partial charge in [-0.15, -0.1) is 0 Å². The van der Waals surface area contributed by atoms with Gasteiger partial charge in [-0.25, -0.2) is 0 Å². The number of benzene rings is 2. The second kappa shape index (κ2) is 8.27. The number of carboxylic acid groups (broad SMARTS) is 1. The third kappa shape index (κ3) is 4.02. The number of carbonyl (C=O) groups is 2. The number of methoxy groups -OCH3 is 1. The van der Waals surface area contributed by atoms with E-state index in [1.165, 1.54) is 0 Å². The van der Waals surface area contributed by atoms with Gasteiger partial charge >= 0.3 is 5.97 Å². The molecule has 1 aliphatic rings. The van der Waals surface area contributed by atoms with Crippen molar-refractivity contribution in [3.8, 4) is 5.75 Å². The van der Waals surface area contributed by atoms with E-state index in [2.05, 4.69) is 0 Å². The number of amides is 1. The molecule has 3 rings (SSSR count). The number of hydrogen-bond donors (Lipinski definition) is 1. The first kappa shape index (κ1) is 18.3. The lowest BCUT2D eigenvalue weighted by molar-refractivity contribution is -0.137. The number of anilines is 1. The normalized spacial score (nSPS) is 13.0. The number of unbranched alkanes of at least 4 members (excludes halogenated alkanes) is 2. The summed E-state index contributed by atoms with van der Waals surface area (Å²) in [6.07, 6.45) is 2.30. The van der Waals surface area contributed by atoms with Crippen LogP contribution in [0.3, 0.4) is 0 Å². The molecule has 2 aromatic carbocycles. The Balaban J connectivity index is 1.87. The monoisotopic (exact) mass is 371 g/mol. The SMILES string of the molecule is COc1ccc2c(c1)N(CCCCCC(=O)O)C(=O)c1ccccc1S2. The van der Waals surface area contributed by atoms with Crippen LogP contribution in [0, 0.1) is 0 Å². The molecule has 0 radical (unpaired) electrons. The van der Waals surface area contributed by atoms with Gasteiger partial charge in [-0.1, -0.05) is 30.3 Å². The summed E-state index contributed by atoms with van der Waals surface area (Å²) >= 11 is 1.58. The maximum absolute atomic E-state index is 13.1. The van der Waals surface area contributed by atoms with Crippen molar-refractivity contribution in [2.75, 3.05) is 18.6 Å². The highest BCUT2D eigenvalue weighted by Crippen LogP contribution is 2.42. The van der Waals surface area contributed by atoms with Gasteiger partial charge in [-0.3, -0.25) is 9.59 Å². The molecule has 6 heteroatoms. The van der Waals surface area contributed by atoms with Crippen molar-refractivity contribution < 1.29 is 19.4 Å². The molecule has 136 valence electrons. The van der Waals surface area contributed by atoms with E-state index >= 15 is 0 Å². The summed E-state index contributed by atoms with van der Waals surface area (Å²) in [4.78, 5) is 27.5. The zero-order valence-electron chi connectivity index (χ0n) is 14.6. The van der Waals surface area contributed by atoms with Crippen molar-refractivity contribution in [2.24, 2.45) is 0 Å². The predicted octanol–water partition coefficient (Wildman–Crippen LogP) is 4.45. The first-order valence-electron chi connectivity index (χ1n) is 8.58. The highest BCUT2D eigenvalue weighted by Gasteiger charge is 2.27. The first-order chi connectivity index (χ1) is 12.6. The van der Waals surface area contributed by atoms with Crippen molar-refractivity contribution >= 4 is 29.3 Å². The molecule has 1 aliphatic heterocycles. The maximum atomic E-state index is 13.1. The fourth-order valence-corrected chi connectivity index (χ4v) is 4.03. The molecule has 1 amide bonds. The van der Waals surface area contributed by atoms with Crippen LogP contribution in [0.1, 0.15) is 36.0 Å². The fourth-order valence-electron chi connectivity index (χ4n) is 2.97. The molecule has 0 bridgehead atoms. The molecule has 0 aromatic heterocycles. The average Bonchev–Trinajstić information content (AvgIpc) is 2.75. The number of aliphatic carboxylic acids is 1. The van der Waals surface area contributed by atoms with Crippen molar-refractivity contribution in [1.29, 1.82) is 0 Å². The van der Waals surface area contributed by atoms with Crippen LogP contribution in [0.4, 0.5) is 5.69 Å². The second-order valence-corrected chi connectivity index (χ2v) is 7.18. The molecule has 0 spiro atoms. The summed E-state index contributed by atoms with van der Waals surface area (Å²) in [7, 11) is 1.61. The van der Waals surface area contributed by atoms with Crippen LogP contribution < -0.4 is 9.64 Å². The Morgan fingerprint density at radius 1 is 1.12 bits per heavy atom. The number of nitrogens with zero attached hydrogens (tertiary/aromatic N) is 1. The van der Waals surface area contributed by atoms with E-state index in [4.69, 9.17) is 9.84 Å². The first-order valence-corrected chi connectivity index (χ1v) is 9.40. The number of hydrogen-bond acceptors (Lipinski definition) is 4. The minimum atomic E-state index is -0.781. The minimum Gasteiger partial charge on any atom is -0.497 e. The Morgan fingerprint density at radius 2 is 1.92 bits per heavy atom. The standard InChI is InChI=1S/C20H21NO4S/c1-25-14-10-11-18-16(13-14)21(12-6-2-3-9-19(22)23)20(24)15-7-4-5-8-17(15)26-18/h4-5,7-8,10-11,13H,2-3,6,9,12H2,1H3,(H,22,23). The Morgan fingerprint density at radius 3 is 2.69 bits per heavy atom. The van der Waals surface area contributed by atoms with Crippen LogP contribution in [0.2, 0.25) is 0 Å². The highest BCUT2D eigenvalue weighted by molar-refractivity contribution is 7.99. The van der Waals surface area contributed by atoms with E-state index in [0.717, 1.165) is 28.3 Å². The third-order valence-corrected chi connectivity index (χ3v) is 5.45. The Hall–Kier alpha value is -2.47. The van der Waals surface area contributed by atoms with Gasteiger partial charge in [-0.2, -0.15) is 0 Å². The Kier molecular flexibility index (Phi) is 5.83. The van der Waals surface area contributed by atoms with Crippen LogP contribution in [-0.2, 0) is 4.79 Å². The summed E-state index contributed by atoms with van der Waals surface area (Å²) in [5, 5.41) is 8.76. The van der Waals surface area contributed by atoms with Gasteiger partial charge in [0, 0.05) is 28.8 Å². The minimum absolute atomic E-state index is 0.0293. The van der Waals surface area contributed by atoms with E-state index in [0.29, 0.717) is 24.3 Å². The molecule has 0 unspecified atom stereocenters. The summed E-state index contributed by atoms with van der Waals surface area (Å²) in [6.45, 7) is 0.549. The van der Waals surface area contributed by atoms with Gasteiger partial charge in [0.1, 0.15) is 5.75 Å². The second-order valence-electron chi connectivity index (χ2n) is 6.09. The molecule has 1 heterocycles. The maximum Gasteiger partial charge on any atom is 0.303 e. The van der Waals surface area contributed by atoms with Gasteiger partial charge in [-0.05, 0) is 37.1 Å². The van der Waals surface area contributed by atoms with Crippen molar-refractivity contribution in [2.45, 2.75) is 35.5 Å². The number of rotatable bonds is 7. The van der Waals surface area contributed by atoms with Crippen LogP contribution in [0.5, 0.6) is 5.75 Å². The molecule has 0 atom stereocenters. The number of carboxylic acids is 1. The summed E-state index contributed by atoms with van der Waals surface area (Å²) in [6, 6.07) is 13.4. The topological polar surface area (TPSA) is 66.8 Å². The number of carbonyl (C=O) groups excluding carboxylic acids is 1. The van der Waals surface area contributed by atoms with Crippen molar-refractivity contribution in [3.05, 3.63) is 48.0 Å². The van der Waals surface area contributed by atoms with E-state index in [1.807, 2.05) is 42.5 Å². The highest BCUT2D eigenvalue weighted by atomic mass is 32.2. The Bertz CT molecular complexity index is 821. The zero-order chi connectivity index (χ0) is 18.5. The van der Waals surface area contributed by atoms with Crippen LogP contribution >= 0.6 is 11.8 Å². The quantitative estimate of drug-likeness (QED) is 0.728. The van der Waals surface area contributed by atoms with Gasteiger partial charge in [0.25, 0.3) is 5.91 Å². The van der Waals surface area contributed by atoms with E-state index < -0.39 is 5.97 Å². The molecular weight excluding hydrogens is 350 g/mol. The molecule has 0 aliphatic carbocycles. The summed E-state index contributed by atoms with van der Waals surface area (Å²) in [5.41, 5.74) is 1.53. The van der Waals surface area contributed by atoms with Crippen LogP contribution in [-0.4, -0.2) is 30.6 Å². The van der Waals surface area contributed by atoms with E-state index in [-0.39, 0.29) is 12.3 Å². The predicted molar refractivity (Wildman–Crippen MR) is 101 cm³/mol. The largest absolute Gasteiger partial charge is 0.497 e. The smallest absolute Gasteiger partial charge is 0.303 e. The van der Waals surface area contributed by atoms with Gasteiger partial charge < -0.3 is 14.7 Å². The lowest BCUT2D eigenvalue weighted by atomic mass is 10.1. The molecule has 1 N–H and O–H groups in total. The third-order valence-electron chi connectivity index (χ3n) is 4.31. The van der Waals surface area contributed by atoms with Gasteiger partial charge in [0.2, 0.25) is 0 Å². The van der Waals surface area contributed by atoms with E-state index in [9.17, 15) is 9.59 Å². The Labute approximate surface area is 157 Å². The zero-order valence-corrected chi connectivity index (χ0v) is 15.4. The number of ether oxygens (including phenoxy) is 1. The van der Waals surface area contributed by atoms with Gasteiger partial charge in [0.05, 0.1) is 18.4 Å². The van der Waals surface area contributed by atoms with Crippen molar-refractivity contribution in [1.82, 2.24) is 0 Å². The fraction of sp³-hybridized carbons (Fsp3) is 0.300. The lowest BCUT2D eigenvalue weighted by Gasteiger charge is -2.23. The van der Waals surface area contributed by atoms with Crippen LogP contribution in [0.15, 0.2) is 52.3 Å². The molecule has 2 aromatic rings. The molecular formula is C20H21NO4S. The van der Waals surface area contributed by atoms with Crippen molar-refractivity contribution in [3.63, 3.8) is 0 Å². The summed E-state index contributed by atoms with van der Waals surface area (Å²) in [5.74, 6) is -0.103.